The molecule has 1 aromatic heterocycles. The van der Waals surface area contributed by atoms with E-state index in [4.69, 9.17) is 9.47 Å². The zero-order valence-corrected chi connectivity index (χ0v) is 29.4. The Morgan fingerprint density at radius 1 is 0.808 bits per heavy atom. The molecule has 1 heterocycles. The number of imidazole rings is 1. The molecule has 3 N–H and O–H groups in total. The van der Waals surface area contributed by atoms with Gasteiger partial charge < -0.3 is 30.0 Å². The van der Waals surface area contributed by atoms with Crippen molar-refractivity contribution in [2.45, 2.75) is 62.8 Å². The quantitative estimate of drug-likeness (QED) is 0.114. The number of likely N-dealkylation sites (N-methyl/N-ethyl adjacent to an activating group) is 1. The van der Waals surface area contributed by atoms with Crippen LogP contribution in [0.3, 0.4) is 0 Å². The maximum Gasteiger partial charge on any atom is 0.408 e. The lowest BCUT2D eigenvalue weighted by Gasteiger charge is -2.43. The number of aromatic amines is 1. The maximum atomic E-state index is 14.3. The van der Waals surface area contributed by atoms with Crippen LogP contribution in [-0.4, -0.2) is 58.5 Å². The molecule has 52 heavy (non-hydrogen) atoms. The van der Waals surface area contributed by atoms with Gasteiger partial charge in [-0.3, -0.25) is 9.59 Å². The van der Waals surface area contributed by atoms with E-state index in [1.54, 1.807) is 13.2 Å². The molecule has 6 rings (SSSR count). The molecule has 1 unspecified atom stereocenters. The van der Waals surface area contributed by atoms with Gasteiger partial charge in [0, 0.05) is 43.7 Å². The monoisotopic (exact) mass is 699 g/mol. The van der Waals surface area contributed by atoms with Crippen LogP contribution in [0.2, 0.25) is 0 Å². The largest absolute Gasteiger partial charge is 0.489 e. The van der Waals surface area contributed by atoms with Gasteiger partial charge in [0.05, 0.1) is 6.33 Å². The summed E-state index contributed by atoms with van der Waals surface area (Å²) < 4.78 is 11.5. The molecule has 1 aliphatic carbocycles. The van der Waals surface area contributed by atoms with Crippen LogP contribution in [0.1, 0.15) is 47.2 Å². The van der Waals surface area contributed by atoms with E-state index in [1.165, 1.54) is 16.8 Å². The van der Waals surface area contributed by atoms with Crippen LogP contribution in [0.4, 0.5) is 4.79 Å². The van der Waals surface area contributed by atoms with Crippen molar-refractivity contribution in [2.75, 3.05) is 13.6 Å². The summed E-state index contributed by atoms with van der Waals surface area (Å²) in [7, 11) is 1.61. The lowest BCUT2D eigenvalue weighted by atomic mass is 9.64. The summed E-state index contributed by atoms with van der Waals surface area (Å²) in [6, 6.07) is 35.2. The van der Waals surface area contributed by atoms with Gasteiger partial charge in [0.1, 0.15) is 31.0 Å². The third-order valence-electron chi connectivity index (χ3n) is 9.80. The Labute approximate surface area is 304 Å². The number of benzene rings is 4. The van der Waals surface area contributed by atoms with Gasteiger partial charge in [-0.15, -0.1) is 0 Å². The second-order valence-electron chi connectivity index (χ2n) is 13.3. The van der Waals surface area contributed by atoms with Gasteiger partial charge in [0.25, 0.3) is 0 Å². The van der Waals surface area contributed by atoms with Crippen molar-refractivity contribution in [1.82, 2.24) is 25.5 Å². The number of H-pyrrole nitrogens is 1. The lowest BCUT2D eigenvalue weighted by Crippen LogP contribution is -2.57. The third kappa shape index (κ3) is 9.45. The minimum Gasteiger partial charge on any atom is -0.489 e. The van der Waals surface area contributed by atoms with E-state index in [2.05, 4.69) is 32.7 Å². The number of amides is 3. The molecule has 2 atom stereocenters. The standard InChI is InChI=1S/C42H45N5O5/c1-47(40(49)37(25-35-26-43-30-45-35)46-41(50)52-28-33-14-7-3-8-15-33)38(39(48)44-29-42(22-11-23-42)34-16-9-4-10-17-34)24-31-18-20-36(21-19-31)51-27-32-12-5-2-6-13-32/h2-10,12-21,26,30,37-38H,11,22-25,27-29H2,1H3,(H,43,45)(H,44,48)(H,46,50)/t37-,38?/m0/s1. The van der Waals surface area contributed by atoms with Crippen LogP contribution >= 0.6 is 0 Å². The minimum absolute atomic E-state index is 0.0483. The topological polar surface area (TPSA) is 126 Å². The molecule has 0 spiro atoms. The fourth-order valence-electron chi connectivity index (χ4n) is 6.55. The van der Waals surface area contributed by atoms with Crippen molar-refractivity contribution in [2.24, 2.45) is 0 Å². The molecule has 10 heteroatoms. The fraction of sp³-hybridized carbons (Fsp3) is 0.286. The summed E-state index contributed by atoms with van der Waals surface area (Å²) in [6.45, 7) is 0.944. The van der Waals surface area contributed by atoms with Gasteiger partial charge in [-0.25, -0.2) is 9.78 Å². The molecule has 10 nitrogen and oxygen atoms in total. The van der Waals surface area contributed by atoms with Crippen molar-refractivity contribution in [3.63, 3.8) is 0 Å². The molecule has 1 saturated carbocycles. The van der Waals surface area contributed by atoms with Gasteiger partial charge in [0.15, 0.2) is 0 Å². The van der Waals surface area contributed by atoms with E-state index in [-0.39, 0.29) is 30.8 Å². The smallest absolute Gasteiger partial charge is 0.408 e. The molecule has 268 valence electrons. The first-order chi connectivity index (χ1) is 25.4. The van der Waals surface area contributed by atoms with E-state index < -0.39 is 24.1 Å². The zero-order chi connectivity index (χ0) is 36.2. The zero-order valence-electron chi connectivity index (χ0n) is 29.4. The number of hydrogen-bond donors (Lipinski definition) is 3. The first kappa shape index (κ1) is 35.9. The number of carbonyl (C=O) groups excluding carboxylic acids is 3. The fourth-order valence-corrected chi connectivity index (χ4v) is 6.55. The first-order valence-corrected chi connectivity index (χ1v) is 17.7. The van der Waals surface area contributed by atoms with Crippen LogP contribution in [-0.2, 0) is 45.8 Å². The van der Waals surface area contributed by atoms with Crippen LogP contribution in [0.5, 0.6) is 5.75 Å². The number of nitrogens with one attached hydrogen (secondary N) is 3. The van der Waals surface area contributed by atoms with Gasteiger partial charge in [-0.05, 0) is 47.2 Å². The van der Waals surface area contributed by atoms with E-state index >= 15 is 0 Å². The Bertz CT molecular complexity index is 1860. The number of nitrogens with zero attached hydrogens (tertiary/aromatic N) is 2. The Kier molecular flexibility index (Phi) is 12.0. The van der Waals surface area contributed by atoms with Crippen molar-refractivity contribution < 1.29 is 23.9 Å². The summed E-state index contributed by atoms with van der Waals surface area (Å²) in [5.74, 6) is -0.00398. The SMILES string of the molecule is CN(C(=O)[C@H](Cc1cnc[nH]1)NC(=O)OCc1ccccc1)C(Cc1ccc(OCc2ccccc2)cc1)C(=O)NCC1(c2ccccc2)CCC1. The van der Waals surface area contributed by atoms with Crippen molar-refractivity contribution in [3.8, 4) is 5.75 Å². The van der Waals surface area contributed by atoms with E-state index in [9.17, 15) is 14.4 Å². The Morgan fingerprint density at radius 3 is 2.04 bits per heavy atom. The second kappa shape index (κ2) is 17.4. The molecule has 1 aliphatic rings. The van der Waals surface area contributed by atoms with Gasteiger partial charge in [-0.1, -0.05) is 110 Å². The average Bonchev–Trinajstić information content (AvgIpc) is 3.69. The second-order valence-corrected chi connectivity index (χ2v) is 13.3. The van der Waals surface area contributed by atoms with Crippen LogP contribution < -0.4 is 15.4 Å². The highest BCUT2D eigenvalue weighted by molar-refractivity contribution is 5.91. The summed E-state index contributed by atoms with van der Waals surface area (Å²) in [4.78, 5) is 50.0. The number of ether oxygens (including phenoxy) is 2. The molecule has 3 amide bonds. The third-order valence-corrected chi connectivity index (χ3v) is 9.80. The number of aromatic nitrogens is 2. The van der Waals surface area contributed by atoms with Crippen LogP contribution in [0, 0.1) is 0 Å². The van der Waals surface area contributed by atoms with Crippen LogP contribution in [0.15, 0.2) is 128 Å². The number of alkyl carbamates (subject to hydrolysis) is 1. The molecule has 5 aromatic rings. The highest BCUT2D eigenvalue weighted by Crippen LogP contribution is 2.43. The highest BCUT2D eigenvalue weighted by atomic mass is 16.5. The van der Waals surface area contributed by atoms with Gasteiger partial charge in [-0.2, -0.15) is 0 Å². The number of hydrogen-bond acceptors (Lipinski definition) is 6. The first-order valence-electron chi connectivity index (χ1n) is 17.7. The average molecular weight is 700 g/mol. The van der Waals surface area contributed by atoms with E-state index in [1.807, 2.05) is 103 Å². The molecule has 0 radical (unpaired) electrons. The predicted octanol–water partition coefficient (Wildman–Crippen LogP) is 6.13. The van der Waals surface area contributed by atoms with Crippen LogP contribution in [0.25, 0.3) is 0 Å². The van der Waals surface area contributed by atoms with Crippen molar-refractivity contribution >= 4 is 17.9 Å². The molecule has 0 saturated heterocycles. The summed E-state index contributed by atoms with van der Waals surface area (Å²) >= 11 is 0. The highest BCUT2D eigenvalue weighted by Gasteiger charge is 2.40. The molecule has 4 aromatic carbocycles. The maximum absolute atomic E-state index is 14.3. The molecular formula is C42H45N5O5. The van der Waals surface area contributed by atoms with E-state index in [0.717, 1.165) is 36.0 Å². The normalized spacial score (nSPS) is 14.2. The van der Waals surface area contributed by atoms with Gasteiger partial charge in [0.2, 0.25) is 11.8 Å². The minimum atomic E-state index is -1.03. The molecule has 1 fully saturated rings. The molecular weight excluding hydrogens is 654 g/mol. The molecule has 0 aliphatic heterocycles. The Hall–Kier alpha value is -5.90. The number of carbonyl (C=O) groups is 3. The lowest BCUT2D eigenvalue weighted by molar-refractivity contribution is -0.140. The van der Waals surface area contributed by atoms with Gasteiger partial charge >= 0.3 is 6.09 Å². The number of rotatable bonds is 16. The summed E-state index contributed by atoms with van der Waals surface area (Å²) in [5, 5.41) is 5.95. The summed E-state index contributed by atoms with van der Waals surface area (Å²) in [5.41, 5.74) is 4.44. The molecule has 0 bridgehead atoms. The van der Waals surface area contributed by atoms with Crippen molar-refractivity contribution in [1.29, 1.82) is 0 Å². The Balaban J connectivity index is 1.19. The van der Waals surface area contributed by atoms with Crippen molar-refractivity contribution in [3.05, 3.63) is 156 Å². The van der Waals surface area contributed by atoms with E-state index in [0.29, 0.717) is 24.6 Å². The predicted molar refractivity (Wildman–Crippen MR) is 198 cm³/mol. The summed E-state index contributed by atoms with van der Waals surface area (Å²) in [6.07, 6.45) is 5.79. The Morgan fingerprint density at radius 2 is 1.44 bits per heavy atom.